The minimum Gasteiger partial charge on any atom is -0.395 e. The van der Waals surface area contributed by atoms with Crippen LogP contribution in [0.5, 0.6) is 0 Å². The number of nitrogens with one attached hydrogen (secondary N) is 2. The number of rotatable bonds is 4. The van der Waals surface area contributed by atoms with Gasteiger partial charge < -0.3 is 15.7 Å². The Balaban J connectivity index is 2.01. The Bertz CT molecular complexity index is 457. The first-order valence-electron chi connectivity index (χ1n) is 5.48. The van der Waals surface area contributed by atoms with Crippen molar-refractivity contribution < 1.29 is 14.7 Å². The van der Waals surface area contributed by atoms with Gasteiger partial charge in [0.15, 0.2) is 0 Å². The second-order valence-electron chi connectivity index (χ2n) is 3.97. The van der Waals surface area contributed by atoms with Crippen LogP contribution in [0.1, 0.15) is 11.1 Å². The summed E-state index contributed by atoms with van der Waals surface area (Å²) < 4.78 is 0. The molecule has 0 unspecified atom stereocenters. The highest BCUT2D eigenvalue weighted by atomic mass is 16.3. The summed E-state index contributed by atoms with van der Waals surface area (Å²) in [5, 5.41) is 13.9. The summed E-state index contributed by atoms with van der Waals surface area (Å²) in [6.45, 7) is 0.207. The molecule has 0 bridgehead atoms. The first-order chi connectivity index (χ1) is 8.19. The maximum absolute atomic E-state index is 11.4. The fourth-order valence-electron chi connectivity index (χ4n) is 1.84. The topological polar surface area (TPSA) is 78.4 Å². The minimum atomic E-state index is -0.128. The number of carbonyl (C=O) groups is 2. The highest BCUT2D eigenvalue weighted by Crippen LogP contribution is 2.23. The zero-order valence-electron chi connectivity index (χ0n) is 9.32. The van der Waals surface area contributed by atoms with Gasteiger partial charge in [0.2, 0.25) is 11.8 Å². The lowest BCUT2D eigenvalue weighted by Gasteiger charge is -2.05. The average Bonchev–Trinajstić information content (AvgIpc) is 2.65. The molecule has 1 heterocycles. The van der Waals surface area contributed by atoms with Gasteiger partial charge in [0, 0.05) is 12.2 Å². The quantitative estimate of drug-likeness (QED) is 0.677. The maximum atomic E-state index is 11.4. The van der Waals surface area contributed by atoms with Gasteiger partial charge in [-0.2, -0.15) is 0 Å². The summed E-state index contributed by atoms with van der Waals surface area (Å²) >= 11 is 0. The molecule has 0 fully saturated rings. The van der Waals surface area contributed by atoms with Crippen molar-refractivity contribution in [2.75, 3.05) is 18.5 Å². The standard InChI is InChI=1S/C12H14N2O3/c15-4-3-13-11(16)6-8-1-2-10-9(5-8)7-12(17)14-10/h1-2,5,15H,3-4,6-7H2,(H,13,16)(H,14,17). The second kappa shape index (κ2) is 4.97. The van der Waals surface area contributed by atoms with Gasteiger partial charge in [-0.25, -0.2) is 0 Å². The summed E-state index contributed by atoms with van der Waals surface area (Å²) in [7, 11) is 0. The van der Waals surface area contributed by atoms with E-state index in [4.69, 9.17) is 5.11 Å². The number of hydrogen-bond acceptors (Lipinski definition) is 3. The van der Waals surface area contributed by atoms with Crippen molar-refractivity contribution in [3.05, 3.63) is 29.3 Å². The van der Waals surface area contributed by atoms with Gasteiger partial charge >= 0.3 is 0 Å². The van der Waals surface area contributed by atoms with E-state index >= 15 is 0 Å². The van der Waals surface area contributed by atoms with Crippen LogP contribution in [0.25, 0.3) is 0 Å². The summed E-state index contributed by atoms with van der Waals surface area (Å²) in [6, 6.07) is 5.50. The monoisotopic (exact) mass is 234 g/mol. The maximum Gasteiger partial charge on any atom is 0.228 e. The molecule has 3 N–H and O–H groups in total. The molecule has 5 heteroatoms. The average molecular weight is 234 g/mol. The van der Waals surface area contributed by atoms with E-state index in [1.807, 2.05) is 18.2 Å². The molecule has 1 aliphatic rings. The minimum absolute atomic E-state index is 0.0121. The van der Waals surface area contributed by atoms with Gasteiger partial charge in [-0.15, -0.1) is 0 Å². The van der Waals surface area contributed by atoms with Gasteiger partial charge in [-0.05, 0) is 17.2 Å². The SMILES string of the molecule is O=C(Cc1ccc2c(c1)CC(=O)N2)NCCO. The Hall–Kier alpha value is -1.88. The molecule has 0 saturated carbocycles. The van der Waals surface area contributed by atoms with E-state index in [-0.39, 0.29) is 31.4 Å². The van der Waals surface area contributed by atoms with Crippen molar-refractivity contribution in [2.45, 2.75) is 12.8 Å². The van der Waals surface area contributed by atoms with E-state index < -0.39 is 0 Å². The van der Waals surface area contributed by atoms with Gasteiger partial charge in [0.05, 0.1) is 19.4 Å². The molecule has 0 saturated heterocycles. The zero-order chi connectivity index (χ0) is 12.3. The van der Waals surface area contributed by atoms with Crippen molar-refractivity contribution >= 4 is 17.5 Å². The number of aliphatic hydroxyl groups excluding tert-OH is 1. The van der Waals surface area contributed by atoms with Crippen LogP contribution in [0, 0.1) is 0 Å². The fraction of sp³-hybridized carbons (Fsp3) is 0.333. The Kier molecular flexibility index (Phi) is 3.39. The number of benzene rings is 1. The molecule has 2 amide bonds. The number of carbonyl (C=O) groups excluding carboxylic acids is 2. The predicted octanol–water partition coefficient (Wildman–Crippen LogP) is -0.168. The van der Waals surface area contributed by atoms with Gasteiger partial charge in [-0.3, -0.25) is 9.59 Å². The van der Waals surface area contributed by atoms with Crippen molar-refractivity contribution in [1.29, 1.82) is 0 Å². The van der Waals surface area contributed by atoms with E-state index in [2.05, 4.69) is 10.6 Å². The molecular formula is C12H14N2O3. The van der Waals surface area contributed by atoms with Gasteiger partial charge in [0.25, 0.3) is 0 Å². The third-order valence-electron chi connectivity index (χ3n) is 2.59. The molecule has 1 aromatic carbocycles. The van der Waals surface area contributed by atoms with E-state index in [1.54, 1.807) is 0 Å². The Morgan fingerprint density at radius 1 is 1.47 bits per heavy atom. The fourth-order valence-corrected chi connectivity index (χ4v) is 1.84. The Morgan fingerprint density at radius 2 is 2.29 bits per heavy atom. The molecule has 0 aliphatic carbocycles. The van der Waals surface area contributed by atoms with Crippen LogP contribution in [-0.2, 0) is 22.4 Å². The van der Waals surface area contributed by atoms with E-state index in [0.717, 1.165) is 16.8 Å². The van der Waals surface area contributed by atoms with Crippen LogP contribution in [0.4, 0.5) is 5.69 Å². The molecule has 1 aliphatic heterocycles. The highest BCUT2D eigenvalue weighted by Gasteiger charge is 2.17. The van der Waals surface area contributed by atoms with Gasteiger partial charge in [-0.1, -0.05) is 12.1 Å². The Labute approximate surface area is 98.8 Å². The molecule has 1 aromatic rings. The van der Waals surface area contributed by atoms with Crippen LogP contribution in [0.2, 0.25) is 0 Å². The van der Waals surface area contributed by atoms with E-state index in [9.17, 15) is 9.59 Å². The summed E-state index contributed by atoms with van der Waals surface area (Å²) in [6.07, 6.45) is 0.642. The molecule has 0 atom stereocenters. The lowest BCUT2D eigenvalue weighted by molar-refractivity contribution is -0.120. The molecule has 0 radical (unpaired) electrons. The normalized spacial score (nSPS) is 13.1. The first kappa shape index (κ1) is 11.6. The number of anilines is 1. The molecule has 90 valence electrons. The van der Waals surface area contributed by atoms with Gasteiger partial charge in [0.1, 0.15) is 0 Å². The zero-order valence-corrected chi connectivity index (χ0v) is 9.32. The third-order valence-corrected chi connectivity index (χ3v) is 2.59. The summed E-state index contributed by atoms with van der Waals surface area (Å²) in [4.78, 5) is 22.6. The van der Waals surface area contributed by atoms with Crippen molar-refractivity contribution in [1.82, 2.24) is 5.32 Å². The van der Waals surface area contributed by atoms with Crippen LogP contribution >= 0.6 is 0 Å². The Morgan fingerprint density at radius 3 is 3.06 bits per heavy atom. The van der Waals surface area contributed by atoms with Crippen LogP contribution in [-0.4, -0.2) is 30.1 Å². The molecule has 2 rings (SSSR count). The van der Waals surface area contributed by atoms with E-state index in [0.29, 0.717) is 6.42 Å². The third kappa shape index (κ3) is 2.82. The highest BCUT2D eigenvalue weighted by molar-refractivity contribution is 5.99. The largest absolute Gasteiger partial charge is 0.395 e. The number of amides is 2. The predicted molar refractivity (Wildman–Crippen MR) is 62.6 cm³/mol. The summed E-state index contributed by atoms with van der Waals surface area (Å²) in [5.41, 5.74) is 2.63. The van der Waals surface area contributed by atoms with Crippen LogP contribution < -0.4 is 10.6 Å². The molecule has 0 aromatic heterocycles. The lowest BCUT2D eigenvalue weighted by atomic mass is 10.1. The van der Waals surface area contributed by atoms with Crippen molar-refractivity contribution in [2.24, 2.45) is 0 Å². The first-order valence-corrected chi connectivity index (χ1v) is 5.48. The molecular weight excluding hydrogens is 220 g/mol. The lowest BCUT2D eigenvalue weighted by Crippen LogP contribution is -2.27. The van der Waals surface area contributed by atoms with Crippen LogP contribution in [0.15, 0.2) is 18.2 Å². The van der Waals surface area contributed by atoms with E-state index in [1.165, 1.54) is 0 Å². The number of aliphatic hydroxyl groups is 1. The molecule has 17 heavy (non-hydrogen) atoms. The number of fused-ring (bicyclic) bond motifs is 1. The smallest absolute Gasteiger partial charge is 0.228 e. The molecule has 0 spiro atoms. The second-order valence-corrected chi connectivity index (χ2v) is 3.97. The number of hydrogen-bond donors (Lipinski definition) is 3. The molecule has 5 nitrogen and oxygen atoms in total. The van der Waals surface area contributed by atoms with Crippen molar-refractivity contribution in [3.63, 3.8) is 0 Å². The summed E-state index contributed by atoms with van der Waals surface area (Å²) in [5.74, 6) is -0.141. The van der Waals surface area contributed by atoms with Crippen molar-refractivity contribution in [3.8, 4) is 0 Å². The van der Waals surface area contributed by atoms with Crippen LogP contribution in [0.3, 0.4) is 0 Å².